The molecule has 0 saturated heterocycles. The van der Waals surface area contributed by atoms with Crippen LogP contribution in [0.3, 0.4) is 0 Å². The van der Waals surface area contributed by atoms with Crippen molar-refractivity contribution < 1.29 is 9.59 Å². The van der Waals surface area contributed by atoms with Gasteiger partial charge >= 0.3 is 0 Å². The molecule has 2 heterocycles. The molecule has 2 aromatic rings. The van der Waals surface area contributed by atoms with Crippen molar-refractivity contribution in [3.63, 3.8) is 0 Å². The summed E-state index contributed by atoms with van der Waals surface area (Å²) < 4.78 is 3.77. The van der Waals surface area contributed by atoms with E-state index in [0.717, 1.165) is 28.5 Å². The van der Waals surface area contributed by atoms with Crippen molar-refractivity contribution in [3.8, 4) is 0 Å². The zero-order valence-corrected chi connectivity index (χ0v) is 13.2. The lowest BCUT2D eigenvalue weighted by Gasteiger charge is -2.28. The first kappa shape index (κ1) is 14.6. The molecule has 6 nitrogen and oxygen atoms in total. The molecule has 22 heavy (non-hydrogen) atoms. The number of nitrogens with zero attached hydrogens (tertiary/aromatic N) is 3. The van der Waals surface area contributed by atoms with Gasteiger partial charge in [0.1, 0.15) is 4.88 Å². The topological polar surface area (TPSA) is 75.2 Å². The highest BCUT2D eigenvalue weighted by Crippen LogP contribution is 2.30. The molecule has 0 aliphatic carbocycles. The van der Waals surface area contributed by atoms with Crippen LogP contribution in [0, 0.1) is 6.92 Å². The van der Waals surface area contributed by atoms with Crippen LogP contribution in [0.2, 0.25) is 0 Å². The van der Waals surface area contributed by atoms with Crippen LogP contribution >= 0.6 is 11.5 Å². The summed E-state index contributed by atoms with van der Waals surface area (Å²) >= 11 is 1.08. The second kappa shape index (κ2) is 5.84. The average Bonchev–Trinajstić information content (AvgIpc) is 2.93. The Morgan fingerprint density at radius 3 is 2.91 bits per heavy atom. The second-order valence-electron chi connectivity index (χ2n) is 5.12. The zero-order chi connectivity index (χ0) is 15.7. The van der Waals surface area contributed by atoms with Gasteiger partial charge in [-0.3, -0.25) is 9.59 Å². The molecule has 3 rings (SSSR count). The fourth-order valence-electron chi connectivity index (χ4n) is 2.61. The lowest BCUT2D eigenvalue weighted by molar-refractivity contribution is -0.118. The molecule has 114 valence electrons. The fraction of sp³-hybridized carbons (Fsp3) is 0.333. The average molecular weight is 316 g/mol. The van der Waals surface area contributed by atoms with Gasteiger partial charge in [-0.15, -0.1) is 5.10 Å². The number of anilines is 2. The standard InChI is InChI=1S/C15H16N4O2S/c1-3-19-12-6-5-11(8-10(12)4-7-13(19)20)16-15(21)14-9(2)17-18-22-14/h5-6,8H,3-4,7H2,1-2H3,(H,16,21). The predicted molar refractivity (Wildman–Crippen MR) is 85.4 cm³/mol. The Bertz CT molecular complexity index is 741. The number of carbonyl (C=O) groups is 2. The SMILES string of the molecule is CCN1C(=O)CCc2cc(NC(=O)c3snnc3C)ccc21. The Kier molecular flexibility index (Phi) is 3.89. The van der Waals surface area contributed by atoms with Gasteiger partial charge in [-0.05, 0) is 55.6 Å². The number of aromatic nitrogens is 2. The van der Waals surface area contributed by atoms with E-state index < -0.39 is 0 Å². The quantitative estimate of drug-likeness (QED) is 0.943. The Morgan fingerprint density at radius 1 is 1.41 bits per heavy atom. The van der Waals surface area contributed by atoms with Crippen LogP contribution in [0.5, 0.6) is 0 Å². The molecule has 0 spiro atoms. The normalized spacial score (nSPS) is 13.9. The van der Waals surface area contributed by atoms with Crippen LogP contribution in [0.4, 0.5) is 11.4 Å². The first-order chi connectivity index (χ1) is 10.6. The third-order valence-electron chi connectivity index (χ3n) is 3.71. The number of rotatable bonds is 3. The summed E-state index contributed by atoms with van der Waals surface area (Å²) in [6.07, 6.45) is 1.21. The van der Waals surface area contributed by atoms with E-state index in [1.54, 1.807) is 11.8 Å². The molecule has 0 fully saturated rings. The minimum atomic E-state index is -0.202. The van der Waals surface area contributed by atoms with Crippen LogP contribution in [0.25, 0.3) is 0 Å². The Hall–Kier alpha value is -2.28. The van der Waals surface area contributed by atoms with Crippen molar-refractivity contribution >= 4 is 34.7 Å². The van der Waals surface area contributed by atoms with E-state index in [2.05, 4.69) is 14.9 Å². The summed E-state index contributed by atoms with van der Waals surface area (Å²) in [5.74, 6) is -0.0511. The van der Waals surface area contributed by atoms with E-state index in [1.165, 1.54) is 0 Å². The van der Waals surface area contributed by atoms with Crippen molar-refractivity contribution in [2.45, 2.75) is 26.7 Å². The molecule has 1 aromatic carbocycles. The first-order valence-corrected chi connectivity index (χ1v) is 7.91. The molecule has 1 aromatic heterocycles. The highest BCUT2D eigenvalue weighted by molar-refractivity contribution is 7.08. The van der Waals surface area contributed by atoms with Crippen LogP contribution in [-0.2, 0) is 11.2 Å². The molecule has 2 amide bonds. The Labute approximate surface area is 132 Å². The van der Waals surface area contributed by atoms with Gasteiger partial charge in [0.05, 0.1) is 5.69 Å². The minimum Gasteiger partial charge on any atom is -0.321 e. The maximum Gasteiger partial charge on any atom is 0.269 e. The van der Waals surface area contributed by atoms with Gasteiger partial charge < -0.3 is 10.2 Å². The third-order valence-corrected chi connectivity index (χ3v) is 4.54. The van der Waals surface area contributed by atoms with Gasteiger partial charge in [0.15, 0.2) is 0 Å². The molecule has 1 aliphatic heterocycles. The Morgan fingerprint density at radius 2 is 2.23 bits per heavy atom. The molecule has 1 aliphatic rings. The maximum atomic E-state index is 12.2. The number of hydrogen-bond donors (Lipinski definition) is 1. The zero-order valence-electron chi connectivity index (χ0n) is 12.4. The predicted octanol–water partition coefficient (Wildman–Crippen LogP) is 2.40. The Balaban J connectivity index is 1.84. The lowest BCUT2D eigenvalue weighted by atomic mass is 10.0. The van der Waals surface area contributed by atoms with Crippen LogP contribution in [0.1, 0.15) is 34.3 Å². The number of carbonyl (C=O) groups excluding carboxylic acids is 2. The van der Waals surface area contributed by atoms with Crippen molar-refractivity contribution in [2.75, 3.05) is 16.8 Å². The largest absolute Gasteiger partial charge is 0.321 e. The lowest BCUT2D eigenvalue weighted by Crippen LogP contribution is -2.34. The smallest absolute Gasteiger partial charge is 0.269 e. The third kappa shape index (κ3) is 2.59. The van der Waals surface area contributed by atoms with E-state index in [-0.39, 0.29) is 11.8 Å². The molecule has 0 saturated carbocycles. The summed E-state index contributed by atoms with van der Waals surface area (Å²) in [5.41, 5.74) is 3.37. The fourth-order valence-corrected chi connectivity index (χ4v) is 3.16. The molecule has 1 N–H and O–H groups in total. The van der Waals surface area contributed by atoms with Crippen molar-refractivity contribution in [3.05, 3.63) is 34.3 Å². The summed E-state index contributed by atoms with van der Waals surface area (Å²) in [6, 6.07) is 5.65. The van der Waals surface area contributed by atoms with Crippen LogP contribution in [0.15, 0.2) is 18.2 Å². The monoisotopic (exact) mass is 316 g/mol. The highest BCUT2D eigenvalue weighted by atomic mass is 32.1. The number of amides is 2. The maximum absolute atomic E-state index is 12.2. The van der Waals surface area contributed by atoms with E-state index >= 15 is 0 Å². The minimum absolute atomic E-state index is 0.151. The van der Waals surface area contributed by atoms with Gasteiger partial charge in [-0.25, -0.2) is 0 Å². The van der Waals surface area contributed by atoms with E-state index in [1.807, 2.05) is 25.1 Å². The number of fused-ring (bicyclic) bond motifs is 1. The van der Waals surface area contributed by atoms with Crippen LogP contribution < -0.4 is 10.2 Å². The molecule has 0 atom stereocenters. The number of nitrogens with one attached hydrogen (secondary N) is 1. The summed E-state index contributed by atoms with van der Waals surface area (Å²) in [6.45, 7) is 4.38. The molecule has 0 radical (unpaired) electrons. The molecular weight excluding hydrogens is 300 g/mol. The molecule has 0 bridgehead atoms. The first-order valence-electron chi connectivity index (χ1n) is 7.13. The number of benzene rings is 1. The summed E-state index contributed by atoms with van der Waals surface area (Å²) in [5, 5.41) is 6.71. The van der Waals surface area contributed by atoms with Gasteiger partial charge in [0.25, 0.3) is 5.91 Å². The van der Waals surface area contributed by atoms with E-state index in [4.69, 9.17) is 0 Å². The van der Waals surface area contributed by atoms with E-state index in [9.17, 15) is 9.59 Å². The van der Waals surface area contributed by atoms with Crippen molar-refractivity contribution in [1.29, 1.82) is 0 Å². The van der Waals surface area contributed by atoms with Crippen molar-refractivity contribution in [2.24, 2.45) is 0 Å². The highest BCUT2D eigenvalue weighted by Gasteiger charge is 2.23. The van der Waals surface area contributed by atoms with Gasteiger partial charge in [-0.2, -0.15) is 0 Å². The molecule has 0 unspecified atom stereocenters. The molecule has 7 heteroatoms. The molecular formula is C15H16N4O2S. The summed E-state index contributed by atoms with van der Waals surface area (Å²) in [4.78, 5) is 26.4. The van der Waals surface area contributed by atoms with Gasteiger partial charge in [-0.1, -0.05) is 4.49 Å². The number of aryl methyl sites for hydroxylation is 2. The van der Waals surface area contributed by atoms with Gasteiger partial charge in [0.2, 0.25) is 5.91 Å². The summed E-state index contributed by atoms with van der Waals surface area (Å²) in [7, 11) is 0. The van der Waals surface area contributed by atoms with Gasteiger partial charge in [0, 0.05) is 24.3 Å². The second-order valence-corrected chi connectivity index (χ2v) is 5.88. The van der Waals surface area contributed by atoms with E-state index in [0.29, 0.717) is 30.0 Å². The van der Waals surface area contributed by atoms with Crippen LogP contribution in [-0.4, -0.2) is 27.9 Å². The number of hydrogen-bond acceptors (Lipinski definition) is 5. The van der Waals surface area contributed by atoms with Crippen molar-refractivity contribution in [1.82, 2.24) is 9.59 Å².